The lowest BCUT2D eigenvalue weighted by Crippen LogP contribution is -2.44. The summed E-state index contributed by atoms with van der Waals surface area (Å²) in [4.78, 5) is 11.5. The van der Waals surface area contributed by atoms with Gasteiger partial charge in [-0.3, -0.25) is 5.01 Å². The minimum Gasteiger partial charge on any atom is -0.348 e. The van der Waals surface area contributed by atoms with Crippen LogP contribution in [0.5, 0.6) is 0 Å². The highest BCUT2D eigenvalue weighted by Gasteiger charge is 2.34. The van der Waals surface area contributed by atoms with Gasteiger partial charge in [0.25, 0.3) is 0 Å². The Balaban J connectivity index is 2.32. The van der Waals surface area contributed by atoms with Crippen LogP contribution in [0.2, 0.25) is 19.6 Å². The van der Waals surface area contributed by atoms with Crippen LogP contribution in [0.15, 0.2) is 35.4 Å². The zero-order valence-electron chi connectivity index (χ0n) is 10.9. The van der Waals surface area contributed by atoms with E-state index in [1.807, 2.05) is 35.3 Å². The first-order chi connectivity index (χ1) is 8.39. The molecule has 2 rings (SSSR count). The summed E-state index contributed by atoms with van der Waals surface area (Å²) in [6.07, 6.45) is 0. The number of nitrogens with two attached hydrogens (primary N) is 1. The molecule has 1 heterocycles. The highest BCUT2D eigenvalue weighted by atomic mass is 28.3. The Hall–Kier alpha value is -1.82. The molecule has 2 N–H and O–H groups in total. The molecule has 1 aromatic rings. The van der Waals surface area contributed by atoms with Gasteiger partial charge >= 0.3 is 6.03 Å². The van der Waals surface area contributed by atoms with Crippen LogP contribution >= 0.6 is 0 Å². The third kappa shape index (κ3) is 2.38. The lowest BCUT2D eigenvalue weighted by molar-refractivity contribution is 0.210. The van der Waals surface area contributed by atoms with E-state index in [1.54, 1.807) is 0 Å². The van der Waals surface area contributed by atoms with Gasteiger partial charge in [-0.25, -0.2) is 4.79 Å². The summed E-state index contributed by atoms with van der Waals surface area (Å²) in [6.45, 7) is 7.27. The number of hydrazone groups is 1. The fraction of sp³-hybridized carbons (Fsp3) is 0.333. The second kappa shape index (κ2) is 4.45. The van der Waals surface area contributed by atoms with Crippen molar-refractivity contribution >= 4 is 25.1 Å². The number of benzene rings is 1. The SMILES string of the molecule is C[Si](C)(C)C1=NN(C(N)=O)N(c2ccccc2)C1. The predicted molar refractivity (Wildman–Crippen MR) is 76.0 cm³/mol. The molecule has 2 amide bonds. The summed E-state index contributed by atoms with van der Waals surface area (Å²) in [5, 5.41) is 8.54. The second-order valence-corrected chi connectivity index (χ2v) is 10.4. The Labute approximate surface area is 108 Å². The number of rotatable bonds is 2. The molecule has 0 radical (unpaired) electrons. The second-order valence-electron chi connectivity index (χ2n) is 5.32. The number of carbonyl (C=O) groups excluding carboxylic acids is 1. The number of hydrazine groups is 1. The van der Waals surface area contributed by atoms with Crippen molar-refractivity contribution in [3.05, 3.63) is 30.3 Å². The highest BCUT2D eigenvalue weighted by Crippen LogP contribution is 2.23. The summed E-state index contributed by atoms with van der Waals surface area (Å²) < 4.78 is 0. The number of hydrogen-bond acceptors (Lipinski definition) is 3. The lowest BCUT2D eigenvalue weighted by Gasteiger charge is -2.25. The smallest absolute Gasteiger partial charge is 0.348 e. The minimum atomic E-state index is -1.53. The Kier molecular flexibility index (Phi) is 3.12. The third-order valence-electron chi connectivity index (χ3n) is 2.86. The maximum Gasteiger partial charge on any atom is 0.355 e. The van der Waals surface area contributed by atoms with Crippen LogP contribution in [0.4, 0.5) is 10.5 Å². The molecule has 0 aromatic heterocycles. The van der Waals surface area contributed by atoms with Crippen molar-refractivity contribution in [1.82, 2.24) is 5.12 Å². The average molecular weight is 262 g/mol. The fourth-order valence-electron chi connectivity index (χ4n) is 1.76. The van der Waals surface area contributed by atoms with Gasteiger partial charge in [0.05, 0.1) is 12.2 Å². The van der Waals surface area contributed by atoms with E-state index in [-0.39, 0.29) is 0 Å². The zero-order chi connectivity index (χ0) is 13.3. The van der Waals surface area contributed by atoms with Gasteiger partial charge in [0, 0.05) is 5.33 Å². The zero-order valence-corrected chi connectivity index (χ0v) is 11.9. The summed E-state index contributed by atoms with van der Waals surface area (Å²) in [5.41, 5.74) is 6.31. The molecule has 0 spiro atoms. The standard InChI is InChI=1S/C12H18N4OSi/c1-18(2,3)11-9-15(16(14-11)12(13)17)10-7-5-4-6-8-10/h4-8H,9H2,1-3H3,(H2,13,17). The van der Waals surface area contributed by atoms with E-state index in [4.69, 9.17) is 5.73 Å². The molecule has 0 fully saturated rings. The molecule has 1 aliphatic heterocycles. The van der Waals surface area contributed by atoms with E-state index in [9.17, 15) is 4.79 Å². The van der Waals surface area contributed by atoms with Crippen LogP contribution in [0.1, 0.15) is 0 Å². The molecular weight excluding hydrogens is 244 g/mol. The van der Waals surface area contributed by atoms with Gasteiger partial charge in [-0.05, 0) is 12.1 Å². The Morgan fingerprint density at radius 3 is 2.39 bits per heavy atom. The Bertz CT molecular complexity index is 481. The van der Waals surface area contributed by atoms with E-state index < -0.39 is 14.1 Å². The molecule has 1 aliphatic rings. The van der Waals surface area contributed by atoms with Gasteiger partial charge < -0.3 is 5.73 Å². The van der Waals surface area contributed by atoms with Crippen LogP contribution in [-0.2, 0) is 0 Å². The lowest BCUT2D eigenvalue weighted by atomic mass is 10.3. The summed E-state index contributed by atoms with van der Waals surface area (Å²) in [6, 6.07) is 9.14. The number of hydrogen-bond donors (Lipinski definition) is 1. The largest absolute Gasteiger partial charge is 0.355 e. The number of carbonyl (C=O) groups is 1. The van der Waals surface area contributed by atoms with Gasteiger partial charge in [0.15, 0.2) is 0 Å². The predicted octanol–water partition coefficient (Wildman–Crippen LogP) is 2.04. The highest BCUT2D eigenvalue weighted by molar-refractivity contribution is 7.04. The summed E-state index contributed by atoms with van der Waals surface area (Å²) >= 11 is 0. The molecule has 6 heteroatoms. The molecule has 0 atom stereocenters. The van der Waals surface area contributed by atoms with Gasteiger partial charge in [0.1, 0.15) is 8.07 Å². The van der Waals surface area contributed by atoms with Crippen molar-refractivity contribution in [2.75, 3.05) is 11.6 Å². The molecule has 1 aromatic carbocycles. The van der Waals surface area contributed by atoms with Crippen molar-refractivity contribution in [1.29, 1.82) is 0 Å². The number of primary amides is 1. The first-order valence-electron chi connectivity index (χ1n) is 5.89. The fourth-order valence-corrected chi connectivity index (χ4v) is 2.78. The molecular formula is C12H18N4OSi. The molecule has 18 heavy (non-hydrogen) atoms. The van der Waals surface area contributed by atoms with E-state index in [0.29, 0.717) is 6.54 Å². The van der Waals surface area contributed by atoms with Crippen molar-refractivity contribution in [3.63, 3.8) is 0 Å². The van der Waals surface area contributed by atoms with Crippen LogP contribution in [0, 0.1) is 0 Å². The van der Waals surface area contributed by atoms with Crippen LogP contribution < -0.4 is 10.7 Å². The van der Waals surface area contributed by atoms with Crippen molar-refractivity contribution in [3.8, 4) is 0 Å². The van der Waals surface area contributed by atoms with Crippen molar-refractivity contribution in [2.45, 2.75) is 19.6 Å². The van der Waals surface area contributed by atoms with E-state index in [0.717, 1.165) is 11.0 Å². The van der Waals surface area contributed by atoms with Gasteiger partial charge in [-0.15, -0.1) is 5.12 Å². The van der Waals surface area contributed by atoms with Crippen molar-refractivity contribution < 1.29 is 4.79 Å². The van der Waals surface area contributed by atoms with Gasteiger partial charge in [-0.1, -0.05) is 37.8 Å². The topological polar surface area (TPSA) is 61.9 Å². The van der Waals surface area contributed by atoms with Gasteiger partial charge in [-0.2, -0.15) is 5.10 Å². The molecule has 0 saturated carbocycles. The number of nitrogens with zero attached hydrogens (tertiary/aromatic N) is 3. The number of urea groups is 1. The van der Waals surface area contributed by atoms with E-state index >= 15 is 0 Å². The van der Waals surface area contributed by atoms with Crippen molar-refractivity contribution in [2.24, 2.45) is 10.8 Å². The average Bonchev–Trinajstić information content (AvgIpc) is 2.74. The molecule has 0 aliphatic carbocycles. The van der Waals surface area contributed by atoms with Gasteiger partial charge in [0.2, 0.25) is 0 Å². The molecule has 0 unspecified atom stereocenters. The third-order valence-corrected chi connectivity index (χ3v) is 4.85. The molecule has 96 valence electrons. The number of para-hydroxylation sites is 1. The number of anilines is 1. The summed E-state index contributed by atoms with van der Waals surface area (Å²) in [5.74, 6) is 0. The molecule has 5 nitrogen and oxygen atoms in total. The normalized spacial score (nSPS) is 15.8. The van der Waals surface area contributed by atoms with Crippen LogP contribution in [0.3, 0.4) is 0 Å². The Morgan fingerprint density at radius 1 is 1.28 bits per heavy atom. The maximum atomic E-state index is 11.5. The summed E-state index contributed by atoms with van der Waals surface area (Å²) in [7, 11) is -1.53. The Morgan fingerprint density at radius 2 is 1.89 bits per heavy atom. The van der Waals surface area contributed by atoms with E-state index in [2.05, 4.69) is 24.7 Å². The first-order valence-corrected chi connectivity index (χ1v) is 9.39. The molecule has 0 saturated heterocycles. The minimum absolute atomic E-state index is 0.549. The van der Waals surface area contributed by atoms with E-state index in [1.165, 1.54) is 5.12 Å². The quantitative estimate of drug-likeness (QED) is 0.829. The monoisotopic (exact) mass is 262 g/mol. The number of amides is 2. The van der Waals surface area contributed by atoms with Crippen LogP contribution in [0.25, 0.3) is 0 Å². The first kappa shape index (κ1) is 12.6. The van der Waals surface area contributed by atoms with Crippen LogP contribution in [-0.4, -0.2) is 31.1 Å². The maximum absolute atomic E-state index is 11.5. The molecule has 0 bridgehead atoms.